The lowest BCUT2D eigenvalue weighted by Gasteiger charge is -2.17. The molecule has 4 aromatic rings. The molecule has 1 aliphatic heterocycles. The molecule has 8 nitrogen and oxygen atoms in total. The largest absolute Gasteiger partial charge is 0.296 e. The molecular formula is C25H21N5O3. The van der Waals surface area contributed by atoms with Crippen LogP contribution in [0.3, 0.4) is 0 Å². The lowest BCUT2D eigenvalue weighted by Crippen LogP contribution is -2.34. The highest BCUT2D eigenvalue weighted by atomic mass is 16.2. The number of nitrogens with zero attached hydrogens (tertiary/aromatic N) is 5. The zero-order chi connectivity index (χ0) is 22.9. The van der Waals surface area contributed by atoms with E-state index in [9.17, 15) is 14.4 Å². The first kappa shape index (κ1) is 20.7. The van der Waals surface area contributed by atoms with E-state index in [-0.39, 0.29) is 30.3 Å². The zero-order valence-corrected chi connectivity index (χ0v) is 18.1. The van der Waals surface area contributed by atoms with Crippen LogP contribution in [0.4, 0.5) is 0 Å². The van der Waals surface area contributed by atoms with Gasteiger partial charge in [-0.2, -0.15) is 0 Å². The van der Waals surface area contributed by atoms with Gasteiger partial charge in [-0.15, -0.1) is 0 Å². The van der Waals surface area contributed by atoms with Crippen LogP contribution >= 0.6 is 0 Å². The van der Waals surface area contributed by atoms with Crippen molar-refractivity contribution in [2.75, 3.05) is 6.54 Å². The van der Waals surface area contributed by atoms with Gasteiger partial charge in [-0.25, -0.2) is 15.0 Å². The second-order valence-electron chi connectivity index (χ2n) is 7.95. The normalized spacial score (nSPS) is 13.1. The van der Waals surface area contributed by atoms with Crippen LogP contribution in [0, 0.1) is 6.92 Å². The molecule has 0 saturated carbocycles. The molecule has 0 N–H and O–H groups in total. The highest BCUT2D eigenvalue weighted by Gasteiger charge is 2.34. The molecule has 0 fully saturated rings. The molecule has 0 aliphatic carbocycles. The van der Waals surface area contributed by atoms with Gasteiger partial charge in [-0.1, -0.05) is 24.3 Å². The summed E-state index contributed by atoms with van der Waals surface area (Å²) >= 11 is 0. The highest BCUT2D eigenvalue weighted by Crippen LogP contribution is 2.22. The summed E-state index contributed by atoms with van der Waals surface area (Å²) in [6, 6.07) is 14.0. The maximum atomic E-state index is 13.3. The molecule has 2 aromatic carbocycles. The first-order valence-electron chi connectivity index (χ1n) is 10.7. The van der Waals surface area contributed by atoms with Crippen molar-refractivity contribution in [1.29, 1.82) is 0 Å². The lowest BCUT2D eigenvalue weighted by molar-refractivity contribution is 0.0655. The third-order valence-electron chi connectivity index (χ3n) is 5.84. The number of aryl methyl sites for hydroxylation is 2. The molecule has 0 saturated heterocycles. The fourth-order valence-corrected chi connectivity index (χ4v) is 4.08. The predicted octanol–water partition coefficient (Wildman–Crippen LogP) is 2.58. The monoisotopic (exact) mass is 439 g/mol. The number of aromatic nitrogens is 4. The predicted molar refractivity (Wildman–Crippen MR) is 122 cm³/mol. The van der Waals surface area contributed by atoms with Crippen molar-refractivity contribution in [2.24, 2.45) is 0 Å². The van der Waals surface area contributed by atoms with Crippen molar-refractivity contribution >= 4 is 22.7 Å². The SMILES string of the molecule is Cc1ncc(CCn2c(CCN3C(=O)c4ccccc4C3=O)nc3ccccc3c2=O)cn1. The topological polar surface area (TPSA) is 98.0 Å². The Kier molecular flexibility index (Phi) is 5.26. The molecule has 0 atom stereocenters. The number of hydrogen-bond donors (Lipinski definition) is 0. The average Bonchev–Trinajstić information content (AvgIpc) is 3.08. The minimum Gasteiger partial charge on any atom is -0.296 e. The zero-order valence-electron chi connectivity index (χ0n) is 18.1. The van der Waals surface area contributed by atoms with E-state index < -0.39 is 0 Å². The number of carbonyl (C=O) groups is 2. The van der Waals surface area contributed by atoms with Crippen LogP contribution in [0.15, 0.2) is 65.7 Å². The van der Waals surface area contributed by atoms with E-state index in [0.717, 1.165) is 5.56 Å². The molecular weight excluding hydrogens is 418 g/mol. The van der Waals surface area contributed by atoms with Crippen molar-refractivity contribution in [2.45, 2.75) is 26.3 Å². The molecule has 0 unspecified atom stereocenters. The van der Waals surface area contributed by atoms with Gasteiger partial charge in [0, 0.05) is 31.9 Å². The van der Waals surface area contributed by atoms with Crippen molar-refractivity contribution in [3.8, 4) is 0 Å². The third-order valence-corrected chi connectivity index (χ3v) is 5.84. The van der Waals surface area contributed by atoms with Gasteiger partial charge in [0.15, 0.2) is 0 Å². The Morgan fingerprint density at radius 2 is 1.42 bits per heavy atom. The fraction of sp³-hybridized carbons (Fsp3) is 0.200. The summed E-state index contributed by atoms with van der Waals surface area (Å²) in [6.07, 6.45) is 4.33. The van der Waals surface area contributed by atoms with E-state index in [1.165, 1.54) is 4.90 Å². The summed E-state index contributed by atoms with van der Waals surface area (Å²) in [5, 5.41) is 0.530. The smallest absolute Gasteiger partial charge is 0.261 e. The van der Waals surface area contributed by atoms with Crippen LogP contribution in [0.2, 0.25) is 0 Å². The molecule has 2 amide bonds. The quantitative estimate of drug-likeness (QED) is 0.428. The van der Waals surface area contributed by atoms with Crippen LogP contribution in [0.1, 0.15) is 37.9 Å². The number of hydrogen-bond acceptors (Lipinski definition) is 6. The van der Waals surface area contributed by atoms with Crippen LogP contribution in [-0.2, 0) is 19.4 Å². The van der Waals surface area contributed by atoms with Crippen molar-refractivity contribution in [1.82, 2.24) is 24.4 Å². The standard InChI is InChI=1S/C25H21N5O3/c1-16-26-14-17(15-27-16)10-12-29-22(28-21-9-5-4-8-20(21)25(29)33)11-13-30-23(31)18-6-2-3-7-19(18)24(30)32/h2-9,14-15H,10-13H2,1H3. The molecule has 8 heteroatoms. The molecule has 3 heterocycles. The Morgan fingerprint density at radius 1 is 0.788 bits per heavy atom. The number of imide groups is 1. The number of para-hydroxylation sites is 1. The summed E-state index contributed by atoms with van der Waals surface area (Å²) in [6.45, 7) is 2.35. The van der Waals surface area contributed by atoms with Gasteiger partial charge >= 0.3 is 0 Å². The van der Waals surface area contributed by atoms with Crippen LogP contribution in [-0.4, -0.2) is 42.8 Å². The maximum absolute atomic E-state index is 13.3. The van der Waals surface area contributed by atoms with Gasteiger partial charge in [0.2, 0.25) is 0 Å². The van der Waals surface area contributed by atoms with E-state index in [1.54, 1.807) is 53.4 Å². The summed E-state index contributed by atoms with van der Waals surface area (Å²) in [7, 11) is 0. The van der Waals surface area contributed by atoms with E-state index in [1.807, 2.05) is 19.1 Å². The first-order chi connectivity index (χ1) is 16.0. The third kappa shape index (κ3) is 3.80. The van der Waals surface area contributed by atoms with Crippen molar-refractivity contribution < 1.29 is 9.59 Å². The molecule has 0 bridgehead atoms. The van der Waals surface area contributed by atoms with E-state index in [2.05, 4.69) is 9.97 Å². The Labute approximate surface area is 189 Å². The van der Waals surface area contributed by atoms with Crippen molar-refractivity contribution in [3.63, 3.8) is 0 Å². The first-order valence-corrected chi connectivity index (χ1v) is 10.7. The maximum Gasteiger partial charge on any atom is 0.261 e. The molecule has 2 aromatic heterocycles. The Morgan fingerprint density at radius 3 is 2.12 bits per heavy atom. The van der Waals surface area contributed by atoms with E-state index >= 15 is 0 Å². The summed E-state index contributed by atoms with van der Waals surface area (Å²) in [5.74, 6) is 0.581. The van der Waals surface area contributed by atoms with Gasteiger partial charge in [0.05, 0.1) is 22.0 Å². The highest BCUT2D eigenvalue weighted by molar-refractivity contribution is 6.21. The molecule has 0 spiro atoms. The van der Waals surface area contributed by atoms with E-state index in [0.29, 0.717) is 46.6 Å². The second kappa shape index (κ2) is 8.38. The summed E-state index contributed by atoms with van der Waals surface area (Å²) < 4.78 is 1.63. The number of fused-ring (bicyclic) bond motifs is 2. The summed E-state index contributed by atoms with van der Waals surface area (Å²) in [5.41, 5.74) is 2.17. The molecule has 33 heavy (non-hydrogen) atoms. The Bertz CT molecular complexity index is 1410. The number of rotatable bonds is 6. The fourth-order valence-electron chi connectivity index (χ4n) is 4.08. The van der Waals surface area contributed by atoms with Gasteiger partial charge < -0.3 is 0 Å². The van der Waals surface area contributed by atoms with Crippen LogP contribution in [0.5, 0.6) is 0 Å². The van der Waals surface area contributed by atoms with Crippen molar-refractivity contribution in [3.05, 3.63) is 99.6 Å². The molecule has 1 aliphatic rings. The molecule has 0 radical (unpaired) electrons. The second-order valence-corrected chi connectivity index (χ2v) is 7.95. The minimum atomic E-state index is -0.318. The molecule has 164 valence electrons. The minimum absolute atomic E-state index is 0.144. The van der Waals surface area contributed by atoms with Gasteiger partial charge in [-0.05, 0) is 43.2 Å². The van der Waals surface area contributed by atoms with E-state index in [4.69, 9.17) is 4.98 Å². The Hall–Kier alpha value is -4.20. The number of carbonyl (C=O) groups excluding carboxylic acids is 2. The van der Waals surface area contributed by atoms with Gasteiger partial charge in [0.25, 0.3) is 17.4 Å². The summed E-state index contributed by atoms with van der Waals surface area (Å²) in [4.78, 5) is 53.1. The van der Waals surface area contributed by atoms with Crippen LogP contribution in [0.25, 0.3) is 10.9 Å². The lowest BCUT2D eigenvalue weighted by atomic mass is 10.1. The number of benzene rings is 2. The van der Waals surface area contributed by atoms with Gasteiger partial charge in [-0.3, -0.25) is 23.9 Å². The Balaban J connectivity index is 1.45. The molecule has 5 rings (SSSR count). The average molecular weight is 439 g/mol. The van der Waals surface area contributed by atoms with Crippen LogP contribution < -0.4 is 5.56 Å². The number of amides is 2. The van der Waals surface area contributed by atoms with Gasteiger partial charge in [0.1, 0.15) is 11.6 Å².